The van der Waals surface area contributed by atoms with Crippen molar-refractivity contribution < 1.29 is 13.9 Å². The van der Waals surface area contributed by atoms with E-state index in [-0.39, 0.29) is 5.91 Å². The van der Waals surface area contributed by atoms with Gasteiger partial charge in [0.25, 0.3) is 0 Å². The van der Waals surface area contributed by atoms with Crippen LogP contribution in [0.2, 0.25) is 5.02 Å². The number of para-hydroxylation sites is 1. The fraction of sp³-hybridized carbons (Fsp3) is 0.200. The smallest absolute Gasteiger partial charge is 0.247 e. The van der Waals surface area contributed by atoms with Crippen molar-refractivity contribution in [1.29, 1.82) is 0 Å². The normalized spacial score (nSPS) is 14.7. The van der Waals surface area contributed by atoms with E-state index in [1.54, 1.807) is 17.0 Å². The van der Waals surface area contributed by atoms with Gasteiger partial charge in [-0.1, -0.05) is 48.5 Å². The Balaban J connectivity index is 1.66. The number of fused-ring (bicyclic) bond motifs is 3. The van der Waals surface area contributed by atoms with Gasteiger partial charge < -0.3 is 9.15 Å². The molecule has 4 aromatic rings. The van der Waals surface area contributed by atoms with Gasteiger partial charge >= 0.3 is 0 Å². The molecule has 2 aromatic carbocycles. The van der Waals surface area contributed by atoms with Crippen molar-refractivity contribution in [3.05, 3.63) is 71.4 Å². The second kappa shape index (κ2) is 9.48. The molecule has 1 aliphatic rings. The minimum Gasteiger partial charge on any atom is -0.455 e. The van der Waals surface area contributed by atoms with E-state index in [1.165, 1.54) is 11.8 Å². The Morgan fingerprint density at radius 3 is 2.65 bits per heavy atom. The minimum atomic E-state index is -0.867. The summed E-state index contributed by atoms with van der Waals surface area (Å²) in [5, 5.41) is 9.69. The zero-order valence-corrected chi connectivity index (χ0v) is 20.1. The van der Waals surface area contributed by atoms with Crippen molar-refractivity contribution in [1.82, 2.24) is 15.2 Å². The fourth-order valence-corrected chi connectivity index (χ4v) is 4.27. The lowest BCUT2D eigenvalue weighted by atomic mass is 10.1. The number of hydrogen-bond acceptors (Lipinski definition) is 7. The first-order valence-electron chi connectivity index (χ1n) is 10.8. The van der Waals surface area contributed by atoms with E-state index < -0.39 is 6.23 Å². The molecule has 0 bridgehead atoms. The molecule has 0 saturated carbocycles. The number of benzene rings is 2. The topological polar surface area (TPSA) is 81.4 Å². The van der Waals surface area contributed by atoms with Gasteiger partial charge in [-0.05, 0) is 55.1 Å². The molecular weight excluding hydrogens is 472 g/mol. The van der Waals surface area contributed by atoms with Gasteiger partial charge in [-0.2, -0.15) is 4.98 Å². The lowest BCUT2D eigenvalue weighted by Gasteiger charge is -2.29. The van der Waals surface area contributed by atoms with Crippen LogP contribution in [0.25, 0.3) is 22.6 Å². The van der Waals surface area contributed by atoms with E-state index in [0.29, 0.717) is 51.8 Å². The number of thioether (sulfide) groups is 1. The van der Waals surface area contributed by atoms with Crippen LogP contribution >= 0.6 is 23.4 Å². The van der Waals surface area contributed by atoms with Crippen LogP contribution in [0.1, 0.15) is 31.8 Å². The van der Waals surface area contributed by atoms with Crippen LogP contribution in [0.4, 0.5) is 5.69 Å². The maximum Gasteiger partial charge on any atom is 0.247 e. The van der Waals surface area contributed by atoms with E-state index in [0.717, 1.165) is 11.1 Å². The number of nitrogens with zero attached hydrogens (tertiary/aromatic N) is 4. The lowest BCUT2D eigenvalue weighted by molar-refractivity contribution is -0.120. The summed E-state index contributed by atoms with van der Waals surface area (Å²) >= 11 is 7.40. The second-order valence-corrected chi connectivity index (χ2v) is 8.87. The highest BCUT2D eigenvalue weighted by molar-refractivity contribution is 7.98. The molecule has 34 heavy (non-hydrogen) atoms. The van der Waals surface area contributed by atoms with Crippen molar-refractivity contribution in [2.75, 3.05) is 11.2 Å². The number of halogens is 1. The Bertz CT molecular complexity index is 1340. The summed E-state index contributed by atoms with van der Waals surface area (Å²) in [7, 11) is 0. The number of amides is 1. The minimum absolute atomic E-state index is 0.0877. The molecular formula is C25H21ClN4O3S. The third-order valence-electron chi connectivity index (χ3n) is 5.43. The van der Waals surface area contributed by atoms with Gasteiger partial charge in [0.05, 0.1) is 5.69 Å². The first-order chi connectivity index (χ1) is 16.6. The molecule has 172 valence electrons. The van der Waals surface area contributed by atoms with Crippen LogP contribution in [0.15, 0.2) is 70.2 Å². The van der Waals surface area contributed by atoms with E-state index in [1.807, 2.05) is 61.7 Å². The van der Waals surface area contributed by atoms with E-state index in [2.05, 4.69) is 15.2 Å². The number of carbonyl (C=O) groups is 1. The Morgan fingerprint density at radius 1 is 1.09 bits per heavy atom. The molecule has 1 atom stereocenters. The van der Waals surface area contributed by atoms with E-state index in [9.17, 15) is 4.79 Å². The van der Waals surface area contributed by atoms with Gasteiger partial charge in [0.2, 0.25) is 23.2 Å². The van der Waals surface area contributed by atoms with Crippen LogP contribution in [0, 0.1) is 0 Å². The summed E-state index contributed by atoms with van der Waals surface area (Å²) in [4.78, 5) is 19.6. The summed E-state index contributed by atoms with van der Waals surface area (Å²) in [5.41, 5.74) is 2.74. The predicted molar refractivity (Wildman–Crippen MR) is 132 cm³/mol. The Kier molecular flexibility index (Phi) is 6.26. The zero-order chi connectivity index (χ0) is 23.7. The van der Waals surface area contributed by atoms with Crippen molar-refractivity contribution in [3.8, 4) is 28.5 Å². The summed E-state index contributed by atoms with van der Waals surface area (Å²) in [5.74, 6) is 1.33. The van der Waals surface area contributed by atoms with Crippen molar-refractivity contribution in [2.24, 2.45) is 0 Å². The molecule has 3 heterocycles. The third-order valence-corrected chi connectivity index (χ3v) is 6.22. The number of furan rings is 1. The Labute approximate surface area is 206 Å². The monoisotopic (exact) mass is 492 g/mol. The van der Waals surface area contributed by atoms with Gasteiger partial charge in [0.1, 0.15) is 5.76 Å². The Morgan fingerprint density at radius 2 is 1.88 bits per heavy atom. The molecule has 0 saturated heterocycles. The molecule has 0 spiro atoms. The van der Waals surface area contributed by atoms with Crippen LogP contribution in [0.5, 0.6) is 5.88 Å². The molecule has 2 aromatic heterocycles. The molecule has 9 heteroatoms. The first-order valence-corrected chi connectivity index (χ1v) is 12.4. The standard InChI is InChI=1S/C25H21ClN4O3S/c1-3-6-21(31)30-18-8-5-4-7-17(18)22-23(27-25(34-2)29-28-22)33-24(30)20-14-13-19(32-20)15-9-11-16(26)12-10-15/h4-5,7-14,24H,3,6H2,1-2H3/t24-/m0/s1. The van der Waals surface area contributed by atoms with Gasteiger partial charge in [-0.3, -0.25) is 9.69 Å². The molecule has 0 fully saturated rings. The number of aromatic nitrogens is 3. The highest BCUT2D eigenvalue weighted by Crippen LogP contribution is 2.44. The van der Waals surface area contributed by atoms with Crippen LogP contribution in [-0.4, -0.2) is 27.3 Å². The maximum atomic E-state index is 13.4. The second-order valence-electron chi connectivity index (χ2n) is 7.66. The maximum absolute atomic E-state index is 13.4. The zero-order valence-electron chi connectivity index (χ0n) is 18.6. The van der Waals surface area contributed by atoms with Crippen molar-refractivity contribution in [2.45, 2.75) is 31.1 Å². The van der Waals surface area contributed by atoms with Crippen LogP contribution in [0.3, 0.4) is 0 Å². The molecule has 0 aliphatic carbocycles. The summed E-state index contributed by atoms with van der Waals surface area (Å²) in [6.45, 7) is 1.97. The molecule has 1 amide bonds. The summed E-state index contributed by atoms with van der Waals surface area (Å²) in [6.07, 6.45) is 2.05. The van der Waals surface area contributed by atoms with Crippen molar-refractivity contribution in [3.63, 3.8) is 0 Å². The van der Waals surface area contributed by atoms with Crippen LogP contribution in [-0.2, 0) is 4.79 Å². The van der Waals surface area contributed by atoms with Gasteiger partial charge in [-0.25, -0.2) is 0 Å². The van der Waals surface area contributed by atoms with Crippen molar-refractivity contribution >= 4 is 35.0 Å². The molecule has 1 aliphatic heterocycles. The summed E-state index contributed by atoms with van der Waals surface area (Å²) in [6, 6.07) is 18.6. The number of hydrogen-bond donors (Lipinski definition) is 0. The third kappa shape index (κ3) is 4.15. The molecule has 0 unspecified atom stereocenters. The summed E-state index contributed by atoms with van der Waals surface area (Å²) < 4.78 is 12.6. The number of carbonyl (C=O) groups excluding carboxylic acids is 1. The Hall–Kier alpha value is -3.36. The molecule has 0 radical (unpaired) electrons. The highest BCUT2D eigenvalue weighted by Gasteiger charge is 2.37. The average Bonchev–Trinajstić information content (AvgIpc) is 3.29. The number of anilines is 1. The molecule has 5 rings (SSSR count). The predicted octanol–water partition coefficient (Wildman–Crippen LogP) is 6.40. The molecule has 0 N–H and O–H groups in total. The van der Waals surface area contributed by atoms with Gasteiger partial charge in [0, 0.05) is 22.6 Å². The first kappa shape index (κ1) is 22.4. The van der Waals surface area contributed by atoms with Crippen LogP contribution < -0.4 is 9.64 Å². The quantitative estimate of drug-likeness (QED) is 0.298. The largest absolute Gasteiger partial charge is 0.455 e. The highest BCUT2D eigenvalue weighted by atomic mass is 35.5. The average molecular weight is 493 g/mol. The number of rotatable bonds is 5. The van der Waals surface area contributed by atoms with E-state index in [4.69, 9.17) is 20.8 Å². The fourth-order valence-electron chi connectivity index (χ4n) is 3.84. The lowest BCUT2D eigenvalue weighted by Crippen LogP contribution is -2.37. The number of ether oxygens (including phenoxy) is 1. The molecule has 7 nitrogen and oxygen atoms in total. The van der Waals surface area contributed by atoms with Gasteiger partial charge in [-0.15, -0.1) is 10.2 Å². The van der Waals surface area contributed by atoms with Gasteiger partial charge in [0.15, 0.2) is 11.5 Å². The SMILES string of the molecule is CCCC(=O)N1c2ccccc2-c2nnc(SC)nc2O[C@H]1c1ccc(-c2ccc(Cl)cc2)o1. The van der Waals surface area contributed by atoms with E-state index >= 15 is 0 Å².